The van der Waals surface area contributed by atoms with Crippen molar-refractivity contribution in [1.29, 1.82) is 0 Å². The molecule has 1 saturated heterocycles. The molecule has 0 radical (unpaired) electrons. The standard InChI is InChI=1S/C51H66N11O20P3S4/c1-6-60-38-18-16-34(88(72,73)74)26-36(38)50(2,3)42(60)13-10-14-43-51(4,5)37-27-35(89(75,76)77)17-19-39(37)61(43)23-9-7-8-15-44(63)55-22-25-87-86-24-20-45(64)54-21-11-12-33-29-62(49-47(33)48(52)56-31-57-49)46-28-40(78-32-58-59-53)41(80-46)30-79-84(68,69)82-85(70,71)81-83(65,66)67/h10,13-14,16-19,26-27,29,31,40-41,46H,6-9,15,20-25,28,30,32H2,1-5H3,(H9-,52,54,55,56,57,63,64,65,66,67,68,69,70,71,72,73,74,75,76,77). The molecule has 2 aromatic carbocycles. The first-order valence-corrected chi connectivity index (χ1v) is 37.0. The number of fused-ring (bicyclic) bond motifs is 3. The number of carbonyl (C=O) groups is 2. The second-order valence-electron chi connectivity index (χ2n) is 21.1. The molecule has 5 atom stereocenters. The highest BCUT2D eigenvalue weighted by atomic mass is 33.1. The zero-order valence-electron chi connectivity index (χ0n) is 48.5. The highest BCUT2D eigenvalue weighted by molar-refractivity contribution is 8.76. The summed E-state index contributed by atoms with van der Waals surface area (Å²) >= 11 is 0. The first-order chi connectivity index (χ1) is 41.7. The molecule has 2 amide bonds. The number of nitrogens with two attached hydrogens (primary N) is 1. The lowest BCUT2D eigenvalue weighted by Gasteiger charge is -2.25. The van der Waals surface area contributed by atoms with Crippen LogP contribution in [0.2, 0.25) is 0 Å². The molecular formula is C51H66N11O20P3S4. The predicted octanol–water partition coefficient (Wildman–Crippen LogP) is 6.70. The predicted molar refractivity (Wildman–Crippen MR) is 327 cm³/mol. The summed E-state index contributed by atoms with van der Waals surface area (Å²) in [5, 5.41) is 9.28. The van der Waals surface area contributed by atoms with Gasteiger partial charge in [-0.25, -0.2) is 32.1 Å². The van der Waals surface area contributed by atoms with Crippen molar-refractivity contribution < 1.29 is 96.0 Å². The van der Waals surface area contributed by atoms with Crippen LogP contribution in [0, 0.1) is 11.8 Å². The van der Waals surface area contributed by atoms with E-state index in [0.29, 0.717) is 73.3 Å². The molecule has 4 aromatic rings. The summed E-state index contributed by atoms with van der Waals surface area (Å²) in [7, 11) is -23.2. The Kier molecular flexibility index (Phi) is 23.4. The summed E-state index contributed by atoms with van der Waals surface area (Å²) in [6.07, 6.45) is 7.68. The Hall–Kier alpha value is -5.53. The number of ether oxygens (including phenoxy) is 2. The third kappa shape index (κ3) is 18.4. The van der Waals surface area contributed by atoms with Gasteiger partial charge in [0.05, 0.1) is 45.4 Å². The summed E-state index contributed by atoms with van der Waals surface area (Å²) in [4.78, 5) is 75.2. The van der Waals surface area contributed by atoms with Crippen LogP contribution in [0.1, 0.15) is 96.1 Å². The Balaban J connectivity index is 0.851. The molecule has 0 bridgehead atoms. The van der Waals surface area contributed by atoms with Crippen LogP contribution in [0.5, 0.6) is 0 Å². The van der Waals surface area contributed by atoms with Gasteiger partial charge in [0.1, 0.15) is 53.5 Å². The van der Waals surface area contributed by atoms with Gasteiger partial charge in [0.15, 0.2) is 5.71 Å². The molecule has 1 fully saturated rings. The molecule has 5 heterocycles. The van der Waals surface area contributed by atoms with Gasteiger partial charge in [-0.15, -0.1) is 0 Å². The number of amides is 2. The molecule has 3 aliphatic rings. The summed E-state index contributed by atoms with van der Waals surface area (Å²) in [6.45, 7) is 9.92. The van der Waals surface area contributed by atoms with E-state index >= 15 is 0 Å². The van der Waals surface area contributed by atoms with Crippen LogP contribution in [0.15, 0.2) is 87.8 Å². The van der Waals surface area contributed by atoms with Gasteiger partial charge in [-0.1, -0.05) is 58.5 Å². The van der Waals surface area contributed by atoms with Crippen molar-refractivity contribution in [2.75, 3.05) is 61.7 Å². The first-order valence-electron chi connectivity index (χ1n) is 27.1. The molecule has 3 aliphatic heterocycles. The molecule has 38 heteroatoms. The lowest BCUT2D eigenvalue weighted by Crippen LogP contribution is -2.29. The Morgan fingerprint density at radius 3 is 2.37 bits per heavy atom. The number of rotatable bonds is 30. The Labute approximate surface area is 520 Å². The normalized spacial score (nSPS) is 19.8. The summed E-state index contributed by atoms with van der Waals surface area (Å²) in [5.74, 6) is 6.51. The minimum Gasteiger partial charge on any atom is -0.744 e. The van der Waals surface area contributed by atoms with Gasteiger partial charge in [-0.05, 0) is 81.1 Å². The molecule has 0 aliphatic carbocycles. The average Bonchev–Trinajstić information content (AvgIpc) is 1.63. The Morgan fingerprint density at radius 2 is 1.67 bits per heavy atom. The van der Waals surface area contributed by atoms with Crippen molar-refractivity contribution in [3.8, 4) is 11.8 Å². The lowest BCUT2D eigenvalue weighted by atomic mass is 9.81. The van der Waals surface area contributed by atoms with E-state index in [1.807, 2.05) is 52.8 Å². The molecule has 2 aromatic heterocycles. The SMILES string of the molecule is CCN1/C(=C/C=C/C2=[N+](CCCCCC(=O)NCCSSCCC(=O)NCC#Cc3cn(C4CC(OCN=[N+]=[N-])C(COP(=O)(O)OP(=O)(O)OP(=O)(O)O)O4)c4ncnc(N)c34)c3ccc(S(=O)(=O)[O-])cc3C2(C)C)C(C)(C)c2cc(S(=O)(=O)O)ccc21. The number of nitrogens with one attached hydrogen (secondary N) is 2. The number of nitrogens with zero attached hydrogens (tertiary/aromatic N) is 8. The van der Waals surface area contributed by atoms with Crippen molar-refractivity contribution >= 4 is 111 Å². The number of phosphoric acid groups is 3. The van der Waals surface area contributed by atoms with Gasteiger partial charge in [0.25, 0.3) is 10.1 Å². The number of nitrogen functional groups attached to an aromatic ring is 1. The molecule has 89 heavy (non-hydrogen) atoms. The van der Waals surface area contributed by atoms with Crippen LogP contribution in [-0.4, -0.2) is 145 Å². The summed E-state index contributed by atoms with van der Waals surface area (Å²) in [6, 6.07) is 8.94. The Morgan fingerprint density at radius 1 is 0.966 bits per heavy atom. The smallest absolute Gasteiger partial charge is 0.490 e. The van der Waals surface area contributed by atoms with E-state index in [2.05, 4.69) is 60.6 Å². The molecule has 9 N–H and O–H groups in total. The van der Waals surface area contributed by atoms with Crippen LogP contribution >= 0.6 is 45.1 Å². The van der Waals surface area contributed by atoms with Gasteiger partial charge in [0, 0.05) is 95.9 Å². The number of unbranched alkanes of at least 4 members (excludes halogenated alkanes) is 2. The number of allylic oxidation sites excluding steroid dienone is 4. The lowest BCUT2D eigenvalue weighted by molar-refractivity contribution is -0.438. The van der Waals surface area contributed by atoms with E-state index in [4.69, 9.17) is 35.0 Å². The third-order valence-corrected chi connectivity index (χ3v) is 22.3. The van der Waals surface area contributed by atoms with Crippen molar-refractivity contribution in [3.63, 3.8) is 0 Å². The maximum atomic E-state index is 12.8. The van der Waals surface area contributed by atoms with E-state index in [-0.39, 0.29) is 52.5 Å². The fraction of sp³-hybridized carbons (Fsp3) is 0.471. The van der Waals surface area contributed by atoms with Crippen LogP contribution in [-0.2, 0) is 77.0 Å². The van der Waals surface area contributed by atoms with E-state index in [9.17, 15) is 59.0 Å². The Bertz CT molecular complexity index is 3960. The number of benzene rings is 2. The van der Waals surface area contributed by atoms with E-state index < -0.39 is 86.3 Å². The zero-order valence-corrected chi connectivity index (χ0v) is 54.4. The third-order valence-electron chi connectivity index (χ3n) is 14.4. The molecule has 5 unspecified atom stereocenters. The molecule has 0 spiro atoms. The average molecular weight is 1370 g/mol. The molecule has 31 nitrogen and oxygen atoms in total. The maximum absolute atomic E-state index is 12.8. The maximum Gasteiger partial charge on any atom is 0.490 e. The van der Waals surface area contributed by atoms with Crippen molar-refractivity contribution in [2.24, 2.45) is 5.11 Å². The second-order valence-corrected chi connectivity index (χ2v) is 31.0. The fourth-order valence-electron chi connectivity index (χ4n) is 10.4. The minimum absolute atomic E-state index is 0.0339. The number of aromatic nitrogens is 3. The monoisotopic (exact) mass is 1370 g/mol. The van der Waals surface area contributed by atoms with Crippen LogP contribution < -0.4 is 21.3 Å². The van der Waals surface area contributed by atoms with Crippen LogP contribution in [0.3, 0.4) is 0 Å². The number of phosphoric ester groups is 1. The quantitative estimate of drug-likeness (QED) is 0.00310. The minimum atomic E-state index is -5.81. The highest BCUT2D eigenvalue weighted by Gasteiger charge is 2.46. The largest absolute Gasteiger partial charge is 0.744 e. The first kappa shape index (κ1) is 70.9. The molecule has 7 rings (SSSR count). The summed E-state index contributed by atoms with van der Waals surface area (Å²) in [5.41, 5.74) is 18.9. The molecule has 0 saturated carbocycles. The van der Waals surface area contributed by atoms with Gasteiger partial charge < -0.3 is 59.4 Å². The van der Waals surface area contributed by atoms with Gasteiger partial charge in [-0.3, -0.25) is 18.7 Å². The van der Waals surface area contributed by atoms with Gasteiger partial charge >= 0.3 is 23.5 Å². The topological polar surface area (TPSA) is 460 Å². The number of anilines is 2. The fourth-order valence-corrected chi connectivity index (χ4v) is 16.3. The number of azide groups is 1. The van der Waals surface area contributed by atoms with Gasteiger partial charge in [0.2, 0.25) is 17.5 Å². The number of hydrogen-bond donors (Lipinski definition) is 8. The zero-order chi connectivity index (χ0) is 65.3. The van der Waals surface area contributed by atoms with Crippen molar-refractivity contribution in [1.82, 2.24) is 25.2 Å². The summed E-state index contributed by atoms with van der Waals surface area (Å²) < 4.78 is 133. The molecule has 484 valence electrons. The molecular weight excluding hydrogens is 1310 g/mol. The van der Waals surface area contributed by atoms with E-state index in [0.717, 1.165) is 28.3 Å². The highest BCUT2D eigenvalue weighted by Crippen LogP contribution is 2.66. The van der Waals surface area contributed by atoms with Crippen LogP contribution in [0.4, 0.5) is 17.2 Å². The van der Waals surface area contributed by atoms with Gasteiger partial charge in [-0.2, -0.15) is 21.6 Å². The second kappa shape index (κ2) is 29.4. The number of hydrogen-bond acceptors (Lipinski definition) is 22. The van der Waals surface area contributed by atoms with Crippen LogP contribution in [0.25, 0.3) is 21.5 Å². The van der Waals surface area contributed by atoms with E-state index in [1.54, 1.807) is 12.1 Å². The number of carbonyl (C=O) groups excluding carboxylic acids is 2. The number of likely N-dealkylation sites (N-methyl/N-ethyl adjacent to an activating group) is 1. The van der Waals surface area contributed by atoms with E-state index in [1.165, 1.54) is 62.9 Å². The van der Waals surface area contributed by atoms with Crippen molar-refractivity contribution in [2.45, 2.75) is 112 Å². The van der Waals surface area contributed by atoms with Crippen molar-refractivity contribution in [3.05, 3.63) is 100.0 Å².